The first-order valence-electron chi connectivity index (χ1n) is 16.0. The maximum atomic E-state index is 13.7. The van der Waals surface area contributed by atoms with Crippen LogP contribution in [0.5, 0.6) is 0 Å². The number of rotatable bonds is 16. The van der Waals surface area contributed by atoms with Crippen LogP contribution in [0.15, 0.2) is 103 Å². The third kappa shape index (κ3) is 9.36. The lowest BCUT2D eigenvalue weighted by Gasteiger charge is -2.31. The summed E-state index contributed by atoms with van der Waals surface area (Å²) in [7, 11) is 0. The number of allylic oxidation sites excluding steroid dienone is 1. The van der Waals surface area contributed by atoms with Crippen LogP contribution in [0.4, 0.5) is 0 Å². The normalized spacial score (nSPS) is 18.0. The van der Waals surface area contributed by atoms with E-state index in [1.165, 1.54) is 0 Å². The third-order valence-electron chi connectivity index (χ3n) is 8.61. The summed E-state index contributed by atoms with van der Waals surface area (Å²) in [6, 6.07) is 29.2. The minimum absolute atomic E-state index is 0.108. The number of likely N-dealkylation sites (N-methyl/N-ethyl adjacent to an activating group) is 1. The summed E-state index contributed by atoms with van der Waals surface area (Å²) in [5.74, 6) is -1.96. The van der Waals surface area contributed by atoms with Gasteiger partial charge in [0.15, 0.2) is 0 Å². The first kappa shape index (κ1) is 34.1. The van der Waals surface area contributed by atoms with E-state index in [1.807, 2.05) is 105 Å². The molecule has 0 aromatic heterocycles. The van der Waals surface area contributed by atoms with E-state index >= 15 is 0 Å². The molecule has 3 aromatic carbocycles. The average Bonchev–Trinajstić information content (AvgIpc) is 3.40. The van der Waals surface area contributed by atoms with Crippen LogP contribution in [0.2, 0.25) is 0 Å². The number of esters is 1. The second kappa shape index (κ2) is 17.1. The molecule has 4 rings (SSSR count). The molecular weight excluding hydrogens is 566 g/mol. The molecule has 0 radical (unpaired) electrons. The number of ether oxygens (including phenoxy) is 3. The van der Waals surface area contributed by atoms with Gasteiger partial charge in [-0.15, -0.1) is 0 Å². The van der Waals surface area contributed by atoms with Crippen molar-refractivity contribution in [2.24, 2.45) is 17.3 Å². The molecular formula is C38H47NO6. The van der Waals surface area contributed by atoms with Gasteiger partial charge in [0.2, 0.25) is 5.91 Å². The molecule has 45 heavy (non-hydrogen) atoms. The van der Waals surface area contributed by atoms with Crippen molar-refractivity contribution in [3.05, 3.63) is 119 Å². The Hall–Kier alpha value is -3.78. The van der Waals surface area contributed by atoms with Gasteiger partial charge >= 0.3 is 5.97 Å². The Bertz CT molecular complexity index is 1310. The van der Waals surface area contributed by atoms with E-state index < -0.39 is 29.3 Å². The van der Waals surface area contributed by atoms with Gasteiger partial charge in [-0.2, -0.15) is 0 Å². The third-order valence-corrected chi connectivity index (χ3v) is 8.61. The van der Waals surface area contributed by atoms with Crippen LogP contribution >= 0.6 is 0 Å². The Morgan fingerprint density at radius 3 is 1.84 bits per heavy atom. The number of carbonyl (C=O) groups is 2. The summed E-state index contributed by atoms with van der Waals surface area (Å²) in [5.41, 5.74) is 3.02. The van der Waals surface area contributed by atoms with Gasteiger partial charge in [-0.3, -0.25) is 9.59 Å². The smallest absolute Gasteiger partial charge is 0.312 e. The maximum Gasteiger partial charge on any atom is 0.312 e. The monoisotopic (exact) mass is 613 g/mol. The number of carbonyl (C=O) groups excluding carboxylic acids is 2. The highest BCUT2D eigenvalue weighted by Gasteiger charge is 2.50. The molecule has 0 heterocycles. The standard InChI is InChI=1S/C38H47NO6/c1-4-39(5-2)34(40)22-32-23-38(27-43-25-29-16-10-7-11-17-29,28-44-26-30-18-12-8-13-19-30)24-33(32)35(37(42)45-6-3)36(41)31-20-14-9-15-21-31/h7-22,33,35-36,41H,4-6,23-28H2,1-3H3/b32-22+. The van der Waals surface area contributed by atoms with Crippen molar-refractivity contribution in [3.8, 4) is 0 Å². The van der Waals surface area contributed by atoms with Crippen LogP contribution in [-0.4, -0.2) is 54.8 Å². The van der Waals surface area contributed by atoms with Gasteiger partial charge in [0.1, 0.15) is 0 Å². The lowest BCUT2D eigenvalue weighted by molar-refractivity contribution is -0.155. The van der Waals surface area contributed by atoms with Crippen LogP contribution < -0.4 is 0 Å². The minimum Gasteiger partial charge on any atom is -0.466 e. The number of nitrogens with zero attached hydrogens (tertiary/aromatic N) is 1. The summed E-state index contributed by atoms with van der Waals surface area (Å²) in [5, 5.41) is 11.7. The summed E-state index contributed by atoms with van der Waals surface area (Å²) >= 11 is 0. The fourth-order valence-electron chi connectivity index (χ4n) is 6.32. The molecule has 3 aromatic rings. The van der Waals surface area contributed by atoms with Gasteiger partial charge in [0.05, 0.1) is 45.1 Å². The molecule has 0 aliphatic heterocycles. The van der Waals surface area contributed by atoms with Gasteiger partial charge in [-0.1, -0.05) is 96.6 Å². The SMILES string of the molecule is CCOC(=O)C(C1CC(COCc2ccccc2)(COCc2ccccc2)C/C1=C\C(=O)N(CC)CC)C(O)c1ccccc1. The number of hydrogen-bond donors (Lipinski definition) is 1. The predicted octanol–water partition coefficient (Wildman–Crippen LogP) is 6.52. The molecule has 1 N–H and O–H groups in total. The van der Waals surface area contributed by atoms with E-state index in [1.54, 1.807) is 17.9 Å². The van der Waals surface area contributed by atoms with E-state index in [4.69, 9.17) is 14.2 Å². The molecule has 1 aliphatic carbocycles. The Morgan fingerprint density at radius 1 is 0.844 bits per heavy atom. The van der Waals surface area contributed by atoms with Crippen molar-refractivity contribution in [1.29, 1.82) is 0 Å². The van der Waals surface area contributed by atoms with Crippen molar-refractivity contribution in [2.75, 3.05) is 32.9 Å². The second-order valence-corrected chi connectivity index (χ2v) is 11.8. The zero-order valence-corrected chi connectivity index (χ0v) is 26.8. The van der Waals surface area contributed by atoms with Gasteiger partial charge in [-0.25, -0.2) is 0 Å². The van der Waals surface area contributed by atoms with Crippen LogP contribution in [0.3, 0.4) is 0 Å². The van der Waals surface area contributed by atoms with Crippen molar-refractivity contribution in [3.63, 3.8) is 0 Å². The number of hydrogen-bond acceptors (Lipinski definition) is 6. The second-order valence-electron chi connectivity index (χ2n) is 11.8. The molecule has 240 valence electrons. The molecule has 3 atom stereocenters. The Labute approximate surface area is 267 Å². The molecule has 7 nitrogen and oxygen atoms in total. The number of benzene rings is 3. The van der Waals surface area contributed by atoms with E-state index in [-0.39, 0.29) is 12.5 Å². The zero-order chi connectivity index (χ0) is 32.1. The predicted molar refractivity (Wildman–Crippen MR) is 175 cm³/mol. The first-order valence-corrected chi connectivity index (χ1v) is 16.0. The molecule has 0 bridgehead atoms. The van der Waals surface area contributed by atoms with E-state index in [9.17, 15) is 14.7 Å². The van der Waals surface area contributed by atoms with Crippen LogP contribution in [0.1, 0.15) is 56.4 Å². The highest BCUT2D eigenvalue weighted by molar-refractivity contribution is 5.88. The average molecular weight is 614 g/mol. The Kier molecular flexibility index (Phi) is 12.9. The van der Waals surface area contributed by atoms with E-state index in [0.29, 0.717) is 57.9 Å². The van der Waals surface area contributed by atoms with E-state index in [2.05, 4.69) is 0 Å². The molecule has 0 saturated heterocycles. The highest BCUT2D eigenvalue weighted by atomic mass is 16.5. The van der Waals surface area contributed by atoms with Crippen molar-refractivity contribution < 1.29 is 28.9 Å². The van der Waals surface area contributed by atoms with Crippen molar-refractivity contribution >= 4 is 11.9 Å². The van der Waals surface area contributed by atoms with Gasteiger partial charge in [0.25, 0.3) is 0 Å². The fourth-order valence-corrected chi connectivity index (χ4v) is 6.32. The van der Waals surface area contributed by atoms with Gasteiger partial charge < -0.3 is 24.2 Å². The van der Waals surface area contributed by atoms with Gasteiger partial charge in [0, 0.05) is 24.6 Å². The molecule has 1 fully saturated rings. The topological polar surface area (TPSA) is 85.3 Å². The van der Waals surface area contributed by atoms with Crippen molar-refractivity contribution in [1.82, 2.24) is 4.90 Å². The largest absolute Gasteiger partial charge is 0.466 e. The number of aliphatic hydroxyl groups is 1. The minimum atomic E-state index is -1.12. The lowest BCUT2D eigenvalue weighted by Crippen LogP contribution is -2.34. The highest BCUT2D eigenvalue weighted by Crippen LogP contribution is 2.52. The molecule has 1 aliphatic rings. The number of amides is 1. The van der Waals surface area contributed by atoms with Crippen LogP contribution in [-0.2, 0) is 37.0 Å². The molecule has 1 amide bonds. The van der Waals surface area contributed by atoms with E-state index in [0.717, 1.165) is 16.7 Å². The van der Waals surface area contributed by atoms with Crippen LogP contribution in [0, 0.1) is 17.3 Å². The maximum absolute atomic E-state index is 13.7. The summed E-state index contributed by atoms with van der Waals surface area (Å²) < 4.78 is 18.3. The molecule has 3 unspecified atom stereocenters. The lowest BCUT2D eigenvalue weighted by atomic mass is 9.79. The summed E-state index contributed by atoms with van der Waals surface area (Å²) in [6.45, 7) is 8.57. The van der Waals surface area contributed by atoms with Crippen LogP contribution in [0.25, 0.3) is 0 Å². The molecule has 0 spiro atoms. The fraction of sp³-hybridized carbons (Fsp3) is 0.421. The quantitative estimate of drug-likeness (QED) is 0.146. The summed E-state index contributed by atoms with van der Waals surface area (Å²) in [6.07, 6.45) is 1.54. The number of aliphatic hydroxyl groups excluding tert-OH is 1. The molecule has 7 heteroatoms. The molecule has 1 saturated carbocycles. The van der Waals surface area contributed by atoms with Gasteiger partial charge in [-0.05, 0) is 56.2 Å². The zero-order valence-electron chi connectivity index (χ0n) is 26.8. The Balaban J connectivity index is 1.71. The Morgan fingerprint density at radius 2 is 1.36 bits per heavy atom. The summed E-state index contributed by atoms with van der Waals surface area (Å²) in [4.78, 5) is 28.9. The first-order chi connectivity index (χ1) is 21.9. The van der Waals surface area contributed by atoms with Crippen molar-refractivity contribution in [2.45, 2.75) is 52.9 Å².